The fourth-order valence-corrected chi connectivity index (χ4v) is 11.6. The summed E-state index contributed by atoms with van der Waals surface area (Å²) >= 11 is 0. The molecule has 21 nitrogen and oxygen atoms in total. The van der Waals surface area contributed by atoms with Crippen LogP contribution in [0, 0.1) is 24.3 Å². The Bertz CT molecular complexity index is 4260. The van der Waals surface area contributed by atoms with Gasteiger partial charge in [-0.3, -0.25) is 29.9 Å². The monoisotopic (exact) mass is 2420 g/mol. The average molecular weight is 2410 g/mol. The van der Waals surface area contributed by atoms with E-state index in [1.807, 2.05) is 164 Å². The van der Waals surface area contributed by atoms with E-state index >= 15 is 0 Å². The number of rotatable bonds is 42. The number of pyridine rings is 7. The van der Waals surface area contributed by atoms with E-state index in [4.69, 9.17) is 34.3 Å². The molecule has 0 aliphatic heterocycles. The Balaban J connectivity index is 0.000000734. The molecular formula is C101H122N11O10Os4. The van der Waals surface area contributed by atoms with Crippen molar-refractivity contribution in [3.05, 3.63) is 303 Å². The van der Waals surface area contributed by atoms with Gasteiger partial charge >= 0.3 is 91.1 Å². The number of carboxylic acids is 2. The standard InChI is InChI=1S/4C19H24NO.C7H6N5.C7H7NO2.C6H5NO2.C5H8O2.4Os/c4*1-2-3-4-5-6-11-16-21-19-14-8-7-12-17(19)18-13-9-10-15-20-18;1-2-4-8-6(3-1)5-7-9-11-12-10-7;9-7(10)5-6-3-1-2-4-8-6;8-6(9)5-3-1-2-4-7-5;1-4(6)3-5(2)7;;;;/h4*7-10,13-15H,2-6,11,16H2,1H3;1-4H,5H2;1-4H,5H2,(H,9,10);1-4H,(H,8,9);3,6H,1-2H3;;;;/q5*-1;;;;3*+1;+2. The van der Waals surface area contributed by atoms with Crippen molar-refractivity contribution in [2.45, 2.75) is 208 Å². The van der Waals surface area contributed by atoms with Gasteiger partial charge < -0.3 is 59.3 Å². The van der Waals surface area contributed by atoms with Crippen LogP contribution in [0.5, 0.6) is 23.0 Å². The summed E-state index contributed by atoms with van der Waals surface area (Å²) in [6.45, 7) is 14.9. The first-order chi connectivity index (χ1) is 59.8. The van der Waals surface area contributed by atoms with Crippen molar-refractivity contribution in [2.75, 3.05) is 26.4 Å². The number of aromatic carboxylic acids is 1. The first-order valence-corrected chi connectivity index (χ1v) is 42.7. The summed E-state index contributed by atoms with van der Waals surface area (Å²) in [5.41, 5.74) is 9.04. The molecule has 0 saturated carbocycles. The molecule has 0 spiro atoms. The van der Waals surface area contributed by atoms with Crippen molar-refractivity contribution in [1.29, 1.82) is 0 Å². The van der Waals surface area contributed by atoms with Crippen molar-refractivity contribution in [3.63, 3.8) is 0 Å². The Morgan fingerprint density at radius 1 is 0.357 bits per heavy atom. The molecule has 0 amide bonds. The van der Waals surface area contributed by atoms with Gasteiger partial charge in [0.25, 0.3) is 0 Å². The number of tetrazole rings is 1. The van der Waals surface area contributed by atoms with Gasteiger partial charge in [-0.15, -0.1) is 97.1 Å². The van der Waals surface area contributed by atoms with E-state index in [0.717, 1.165) is 126 Å². The topological polar surface area (TPSA) is 292 Å². The number of carbonyl (C=O) groups is 3. The number of hydrogen-bond acceptors (Lipinski definition) is 18. The number of aliphatic carboxylic acids is 1. The first-order valence-electron chi connectivity index (χ1n) is 42.7. The largest absolute Gasteiger partial charge is 2.00 e. The van der Waals surface area contributed by atoms with Crippen LogP contribution in [0.4, 0.5) is 0 Å². The van der Waals surface area contributed by atoms with Crippen LogP contribution < -0.4 is 24.0 Å². The van der Waals surface area contributed by atoms with Crippen LogP contribution in [0.25, 0.3) is 45.0 Å². The van der Waals surface area contributed by atoms with Crippen LogP contribution in [-0.2, 0) is 102 Å². The van der Waals surface area contributed by atoms with Crippen molar-refractivity contribution in [3.8, 4) is 68.0 Å². The Labute approximate surface area is 800 Å². The van der Waals surface area contributed by atoms with Gasteiger partial charge in [0.2, 0.25) is 0 Å². The molecule has 8 heterocycles. The molecule has 3 radical (unpaired) electrons. The summed E-state index contributed by atoms with van der Waals surface area (Å²) in [6.07, 6.45) is 44.3. The number of aliphatic hydroxyl groups is 1. The van der Waals surface area contributed by atoms with E-state index in [9.17, 15) is 14.4 Å². The van der Waals surface area contributed by atoms with Crippen molar-refractivity contribution >= 4 is 17.7 Å². The molecule has 4 aromatic carbocycles. The van der Waals surface area contributed by atoms with E-state index in [2.05, 4.69) is 107 Å². The molecule has 0 fully saturated rings. The zero-order chi connectivity index (χ0) is 87.2. The fraction of sp³-hybridized carbons (Fsp3) is 0.356. The number of carbonyl (C=O) groups excluding carboxylic acids is 1. The van der Waals surface area contributed by atoms with Gasteiger partial charge in [-0.25, -0.2) is 9.78 Å². The second-order valence-electron chi connectivity index (χ2n) is 28.1. The molecule has 0 atom stereocenters. The minimum atomic E-state index is -0.990. The smallest absolute Gasteiger partial charge is 0.537 e. The summed E-state index contributed by atoms with van der Waals surface area (Å²) in [5.74, 6) is 2.22. The summed E-state index contributed by atoms with van der Waals surface area (Å²) in [4.78, 5) is 59.3. The minimum absolute atomic E-state index is 0. The average Bonchev–Trinajstić information content (AvgIpc) is 1.16. The molecule has 12 aromatic rings. The van der Waals surface area contributed by atoms with Crippen molar-refractivity contribution in [1.82, 2.24) is 55.5 Å². The number of unbranched alkanes of at least 4 members (excludes halogenated alkanes) is 20. The molecule has 0 saturated heterocycles. The zero-order valence-electron chi connectivity index (χ0n) is 73.4. The number of benzene rings is 4. The Hall–Kier alpha value is -10.1. The number of ether oxygens (including phenoxy) is 4. The van der Waals surface area contributed by atoms with Gasteiger partial charge in [0.1, 0.15) is 5.69 Å². The Morgan fingerprint density at radius 2 is 0.651 bits per heavy atom. The number of carboxylic acid groups (broad SMARTS) is 2. The zero-order valence-corrected chi connectivity index (χ0v) is 83.6. The summed E-state index contributed by atoms with van der Waals surface area (Å²) in [7, 11) is 0. The summed E-state index contributed by atoms with van der Waals surface area (Å²) < 4.78 is 23.7. The second kappa shape index (κ2) is 76.2. The SMILES string of the molecule is CC(=O)C=C(C)O.CCCCCCCCOc1ccc[c-]c1-c1ccccn1.CCCCCCCCOc1ccc[c-]c1-c1ccccn1.CCCCCCCCOc1ccc[c-]c1-c1ccccn1.CCCCCCCCOc1ccc[c-]c1-c1ccccn1.O=C(O)Cc1ccccn1.O=C(O)c1ccccn1.[Os+2].[Os+].[Os+].[Os+].c1ccc(Cc2nnn[n-]2)nc1. The van der Waals surface area contributed by atoms with Crippen LogP contribution in [0.1, 0.15) is 223 Å². The molecular weight excluding hydrogens is 2290 g/mol. The van der Waals surface area contributed by atoms with Gasteiger partial charge in [-0.2, -0.15) is 5.21 Å². The third-order valence-corrected chi connectivity index (χ3v) is 17.8. The molecule has 0 bridgehead atoms. The van der Waals surface area contributed by atoms with Crippen molar-refractivity contribution in [2.24, 2.45) is 0 Å². The van der Waals surface area contributed by atoms with Gasteiger partial charge in [0, 0.05) is 90.4 Å². The number of allylic oxidation sites excluding steroid dienone is 2. The predicted molar refractivity (Wildman–Crippen MR) is 484 cm³/mol. The third kappa shape index (κ3) is 53.4. The van der Waals surface area contributed by atoms with Crippen molar-refractivity contribution < 1.29 is 128 Å². The number of aliphatic hydroxyl groups excluding tert-OH is 1. The second-order valence-corrected chi connectivity index (χ2v) is 28.1. The number of ketones is 1. The normalized spacial score (nSPS) is 9.97. The molecule has 8 aromatic heterocycles. The van der Waals surface area contributed by atoms with Crippen LogP contribution in [-0.4, -0.2) is 110 Å². The molecule has 0 aliphatic rings. The summed E-state index contributed by atoms with van der Waals surface area (Å²) in [6, 6.07) is 75.6. The van der Waals surface area contributed by atoms with E-state index in [-0.39, 0.29) is 103 Å². The van der Waals surface area contributed by atoms with Gasteiger partial charge in [-0.05, 0) is 123 Å². The van der Waals surface area contributed by atoms with Gasteiger partial charge in [0.15, 0.2) is 5.78 Å². The Morgan fingerprint density at radius 3 is 0.881 bits per heavy atom. The van der Waals surface area contributed by atoms with E-state index in [1.165, 1.54) is 161 Å². The van der Waals surface area contributed by atoms with Crippen LogP contribution >= 0.6 is 0 Å². The molecule has 12 rings (SSSR count). The van der Waals surface area contributed by atoms with Crippen LogP contribution in [0.15, 0.2) is 255 Å². The number of nitrogens with zero attached hydrogens (tertiary/aromatic N) is 11. The van der Waals surface area contributed by atoms with E-state index in [1.54, 1.807) is 67.5 Å². The summed E-state index contributed by atoms with van der Waals surface area (Å²) in [5, 5.41) is 39.2. The number of hydrogen-bond donors (Lipinski definition) is 3. The molecule has 3 N–H and O–H groups in total. The molecule has 673 valence electrons. The van der Waals surface area contributed by atoms with E-state index in [0.29, 0.717) is 17.9 Å². The molecule has 0 unspecified atom stereocenters. The maximum absolute atomic E-state index is 10.1. The molecule has 126 heavy (non-hydrogen) atoms. The first kappa shape index (κ1) is 114. The quantitative estimate of drug-likeness (QED) is 0.0139. The van der Waals surface area contributed by atoms with Crippen LogP contribution in [0.3, 0.4) is 0 Å². The molecule has 25 heteroatoms. The van der Waals surface area contributed by atoms with E-state index < -0.39 is 11.9 Å². The predicted octanol–water partition coefficient (Wildman–Crippen LogP) is 23.5. The third-order valence-electron chi connectivity index (χ3n) is 17.8. The minimum Gasteiger partial charge on any atom is -0.537 e. The maximum Gasteiger partial charge on any atom is 2.00 e. The maximum atomic E-state index is 10.1. The Kier molecular flexibility index (Phi) is 68.8. The van der Waals surface area contributed by atoms with Crippen LogP contribution in [0.2, 0.25) is 0 Å². The number of aromatic nitrogens is 11. The molecule has 0 aliphatic carbocycles. The van der Waals surface area contributed by atoms with Gasteiger partial charge in [-0.1, -0.05) is 245 Å². The van der Waals surface area contributed by atoms with Gasteiger partial charge in [0.05, 0.1) is 44.3 Å². The fourth-order valence-electron chi connectivity index (χ4n) is 11.6.